The molecule has 5 heteroatoms. The van der Waals surface area contributed by atoms with Crippen LogP contribution in [0.4, 0.5) is 0 Å². The Kier molecular flexibility index (Phi) is 3.99. The second-order valence-electron chi connectivity index (χ2n) is 4.85. The molecule has 0 aromatic carbocycles. The quantitative estimate of drug-likeness (QED) is 0.684. The van der Waals surface area contributed by atoms with Crippen LogP contribution in [0.1, 0.15) is 32.1 Å². The summed E-state index contributed by atoms with van der Waals surface area (Å²) in [5.41, 5.74) is 5.43. The largest absolute Gasteiger partial charge is 0.332 e. The Morgan fingerprint density at radius 1 is 1.24 bits per heavy atom. The molecule has 0 aromatic rings. The SMILES string of the molecule is NCCCCCN1CC(=O)N2CCCC2C1=O. The molecular formula is C12H21N3O2. The van der Waals surface area contributed by atoms with E-state index in [1.807, 2.05) is 0 Å². The lowest BCUT2D eigenvalue weighted by Crippen LogP contribution is -2.57. The molecule has 2 heterocycles. The molecule has 2 rings (SSSR count). The third-order valence-corrected chi connectivity index (χ3v) is 3.63. The zero-order chi connectivity index (χ0) is 12.3. The molecule has 1 atom stereocenters. The number of carbonyl (C=O) groups excluding carboxylic acids is 2. The minimum absolute atomic E-state index is 0.117. The van der Waals surface area contributed by atoms with Gasteiger partial charge in [0.15, 0.2) is 0 Å². The van der Waals surface area contributed by atoms with Crippen LogP contribution >= 0.6 is 0 Å². The molecule has 1 unspecified atom stereocenters. The molecule has 2 saturated heterocycles. The molecule has 2 fully saturated rings. The Morgan fingerprint density at radius 2 is 2.06 bits per heavy atom. The van der Waals surface area contributed by atoms with E-state index in [1.54, 1.807) is 9.80 Å². The summed E-state index contributed by atoms with van der Waals surface area (Å²) in [6, 6.07) is -0.161. The molecule has 0 bridgehead atoms. The van der Waals surface area contributed by atoms with E-state index in [0.717, 1.165) is 38.6 Å². The molecule has 2 amide bonds. The Morgan fingerprint density at radius 3 is 2.82 bits per heavy atom. The number of fused-ring (bicyclic) bond motifs is 1. The summed E-state index contributed by atoms with van der Waals surface area (Å²) in [6.07, 6.45) is 4.77. The zero-order valence-corrected chi connectivity index (χ0v) is 10.2. The third kappa shape index (κ3) is 2.60. The normalized spacial score (nSPS) is 24.4. The molecule has 0 saturated carbocycles. The van der Waals surface area contributed by atoms with Crippen molar-refractivity contribution < 1.29 is 9.59 Å². The number of nitrogens with zero attached hydrogens (tertiary/aromatic N) is 2. The van der Waals surface area contributed by atoms with Gasteiger partial charge in [0.05, 0.1) is 6.54 Å². The summed E-state index contributed by atoms with van der Waals surface area (Å²) in [6.45, 7) is 2.44. The summed E-state index contributed by atoms with van der Waals surface area (Å²) in [4.78, 5) is 27.4. The third-order valence-electron chi connectivity index (χ3n) is 3.63. The molecule has 5 nitrogen and oxygen atoms in total. The highest BCUT2D eigenvalue weighted by Crippen LogP contribution is 2.23. The summed E-state index contributed by atoms with van der Waals surface area (Å²) in [7, 11) is 0. The highest BCUT2D eigenvalue weighted by atomic mass is 16.2. The number of rotatable bonds is 5. The van der Waals surface area contributed by atoms with Gasteiger partial charge in [-0.1, -0.05) is 6.42 Å². The van der Waals surface area contributed by atoms with Crippen molar-refractivity contribution >= 4 is 11.8 Å². The summed E-state index contributed by atoms with van der Waals surface area (Å²) < 4.78 is 0. The molecule has 0 spiro atoms. The summed E-state index contributed by atoms with van der Waals surface area (Å²) in [5, 5.41) is 0. The number of nitrogens with two attached hydrogens (primary N) is 1. The van der Waals surface area contributed by atoms with Crippen LogP contribution in [0.3, 0.4) is 0 Å². The highest BCUT2D eigenvalue weighted by Gasteiger charge is 2.41. The van der Waals surface area contributed by atoms with E-state index in [0.29, 0.717) is 13.1 Å². The van der Waals surface area contributed by atoms with Crippen LogP contribution < -0.4 is 5.73 Å². The summed E-state index contributed by atoms with van der Waals surface area (Å²) >= 11 is 0. The predicted molar refractivity (Wildman–Crippen MR) is 64.2 cm³/mol. The van der Waals surface area contributed by atoms with Crippen molar-refractivity contribution in [1.82, 2.24) is 9.80 Å². The molecule has 2 aliphatic rings. The Bertz CT molecular complexity index is 306. The van der Waals surface area contributed by atoms with E-state index < -0.39 is 0 Å². The van der Waals surface area contributed by atoms with E-state index in [2.05, 4.69) is 0 Å². The van der Waals surface area contributed by atoms with Crippen molar-refractivity contribution in [2.45, 2.75) is 38.1 Å². The van der Waals surface area contributed by atoms with E-state index >= 15 is 0 Å². The van der Waals surface area contributed by atoms with E-state index in [4.69, 9.17) is 5.73 Å². The number of unbranched alkanes of at least 4 members (excludes halogenated alkanes) is 2. The topological polar surface area (TPSA) is 66.6 Å². The van der Waals surface area contributed by atoms with Gasteiger partial charge in [0, 0.05) is 13.1 Å². The number of carbonyl (C=O) groups is 2. The Balaban J connectivity index is 1.86. The fourth-order valence-corrected chi connectivity index (χ4v) is 2.68. The number of amides is 2. The first-order valence-electron chi connectivity index (χ1n) is 6.52. The lowest BCUT2D eigenvalue weighted by atomic mass is 10.1. The van der Waals surface area contributed by atoms with Gasteiger partial charge >= 0.3 is 0 Å². The Hall–Kier alpha value is -1.10. The highest BCUT2D eigenvalue weighted by molar-refractivity contribution is 5.95. The van der Waals surface area contributed by atoms with Crippen LogP contribution in [0.25, 0.3) is 0 Å². The van der Waals surface area contributed by atoms with Crippen LogP contribution in [0.15, 0.2) is 0 Å². The number of hydrogen-bond acceptors (Lipinski definition) is 3. The minimum Gasteiger partial charge on any atom is -0.332 e. The number of hydrogen-bond donors (Lipinski definition) is 1. The van der Waals surface area contributed by atoms with Crippen molar-refractivity contribution in [2.75, 3.05) is 26.2 Å². The van der Waals surface area contributed by atoms with E-state index in [9.17, 15) is 9.59 Å². The van der Waals surface area contributed by atoms with E-state index in [-0.39, 0.29) is 24.4 Å². The van der Waals surface area contributed by atoms with Gasteiger partial charge in [-0.3, -0.25) is 9.59 Å². The number of piperazine rings is 1. The van der Waals surface area contributed by atoms with Gasteiger partial charge in [-0.05, 0) is 32.2 Å². The maximum absolute atomic E-state index is 12.1. The molecule has 96 valence electrons. The maximum atomic E-state index is 12.1. The Labute approximate surface area is 102 Å². The monoisotopic (exact) mass is 239 g/mol. The average molecular weight is 239 g/mol. The van der Waals surface area contributed by atoms with Gasteiger partial charge in [0.25, 0.3) is 0 Å². The first-order valence-corrected chi connectivity index (χ1v) is 6.52. The minimum atomic E-state index is -0.161. The van der Waals surface area contributed by atoms with Crippen LogP contribution in [-0.2, 0) is 9.59 Å². The van der Waals surface area contributed by atoms with Crippen LogP contribution in [0.5, 0.6) is 0 Å². The van der Waals surface area contributed by atoms with Gasteiger partial charge in [-0.25, -0.2) is 0 Å². The summed E-state index contributed by atoms with van der Waals surface area (Å²) in [5.74, 6) is 0.265. The van der Waals surface area contributed by atoms with Crippen molar-refractivity contribution in [1.29, 1.82) is 0 Å². The smallest absolute Gasteiger partial charge is 0.245 e. The molecule has 0 radical (unpaired) electrons. The van der Waals surface area contributed by atoms with Crippen LogP contribution in [-0.4, -0.2) is 53.8 Å². The molecule has 0 aliphatic carbocycles. The van der Waals surface area contributed by atoms with Crippen molar-refractivity contribution in [3.63, 3.8) is 0 Å². The van der Waals surface area contributed by atoms with Crippen molar-refractivity contribution in [2.24, 2.45) is 5.73 Å². The fraction of sp³-hybridized carbons (Fsp3) is 0.833. The standard InChI is InChI=1S/C12H21N3O2/c13-6-2-1-3-7-14-9-11(16)15-8-4-5-10(15)12(14)17/h10H,1-9,13H2. The van der Waals surface area contributed by atoms with Crippen molar-refractivity contribution in [3.8, 4) is 0 Å². The van der Waals surface area contributed by atoms with Gasteiger partial charge in [0.2, 0.25) is 11.8 Å². The second-order valence-corrected chi connectivity index (χ2v) is 4.85. The molecule has 17 heavy (non-hydrogen) atoms. The van der Waals surface area contributed by atoms with Crippen molar-refractivity contribution in [3.05, 3.63) is 0 Å². The molecule has 2 aliphatic heterocycles. The first kappa shape index (κ1) is 12.4. The second kappa shape index (κ2) is 5.49. The first-order chi connectivity index (χ1) is 8.24. The fourth-order valence-electron chi connectivity index (χ4n) is 2.68. The van der Waals surface area contributed by atoms with Gasteiger partial charge in [-0.15, -0.1) is 0 Å². The van der Waals surface area contributed by atoms with Gasteiger partial charge in [-0.2, -0.15) is 0 Å². The van der Waals surface area contributed by atoms with Gasteiger partial charge < -0.3 is 15.5 Å². The molecule has 2 N–H and O–H groups in total. The zero-order valence-electron chi connectivity index (χ0n) is 10.2. The lowest BCUT2D eigenvalue weighted by molar-refractivity contribution is -0.153. The van der Waals surface area contributed by atoms with E-state index in [1.165, 1.54) is 0 Å². The molecular weight excluding hydrogens is 218 g/mol. The predicted octanol–water partition coefficient (Wildman–Crippen LogP) is -0.0514. The lowest BCUT2D eigenvalue weighted by Gasteiger charge is -2.36. The average Bonchev–Trinajstić information content (AvgIpc) is 2.80. The molecule has 0 aromatic heterocycles. The van der Waals surface area contributed by atoms with Crippen LogP contribution in [0.2, 0.25) is 0 Å². The maximum Gasteiger partial charge on any atom is 0.245 e. The van der Waals surface area contributed by atoms with Gasteiger partial charge in [0.1, 0.15) is 6.04 Å². The van der Waals surface area contributed by atoms with Crippen LogP contribution in [0, 0.1) is 0 Å².